The standard InChI is InChI=1S/C8H16N2S/c9-4-7-2-1-3-10(7)8-5-11-6-8/h7-8H,1-6,9H2. The summed E-state index contributed by atoms with van der Waals surface area (Å²) >= 11 is 2.06. The smallest absolute Gasteiger partial charge is 0.0280 e. The van der Waals surface area contributed by atoms with Crippen molar-refractivity contribution < 1.29 is 0 Å². The molecule has 2 aliphatic rings. The van der Waals surface area contributed by atoms with E-state index in [9.17, 15) is 0 Å². The maximum atomic E-state index is 5.69. The molecule has 2 nitrogen and oxygen atoms in total. The van der Waals surface area contributed by atoms with Gasteiger partial charge >= 0.3 is 0 Å². The summed E-state index contributed by atoms with van der Waals surface area (Å²) in [6.45, 7) is 2.16. The van der Waals surface area contributed by atoms with Gasteiger partial charge in [0.25, 0.3) is 0 Å². The summed E-state index contributed by atoms with van der Waals surface area (Å²) in [7, 11) is 0. The molecule has 2 fully saturated rings. The maximum absolute atomic E-state index is 5.69. The number of hydrogen-bond acceptors (Lipinski definition) is 3. The zero-order valence-corrected chi connectivity index (χ0v) is 7.65. The second-order valence-corrected chi connectivity index (χ2v) is 4.54. The fourth-order valence-corrected chi connectivity index (χ4v) is 2.84. The lowest BCUT2D eigenvalue weighted by atomic mass is 10.2. The molecule has 0 aromatic carbocycles. The number of likely N-dealkylation sites (tertiary alicyclic amines) is 1. The number of nitrogens with zero attached hydrogens (tertiary/aromatic N) is 1. The lowest BCUT2D eigenvalue weighted by molar-refractivity contribution is 0.207. The molecule has 0 radical (unpaired) electrons. The van der Waals surface area contributed by atoms with E-state index in [1.54, 1.807) is 0 Å². The third kappa shape index (κ3) is 1.42. The van der Waals surface area contributed by atoms with E-state index in [0.29, 0.717) is 6.04 Å². The van der Waals surface area contributed by atoms with Crippen molar-refractivity contribution in [3.63, 3.8) is 0 Å². The van der Waals surface area contributed by atoms with Crippen LogP contribution in [0.15, 0.2) is 0 Å². The summed E-state index contributed by atoms with van der Waals surface area (Å²) in [4.78, 5) is 2.62. The van der Waals surface area contributed by atoms with Crippen LogP contribution >= 0.6 is 11.8 Å². The van der Waals surface area contributed by atoms with Crippen molar-refractivity contribution >= 4 is 11.8 Å². The van der Waals surface area contributed by atoms with Gasteiger partial charge in [-0.05, 0) is 19.4 Å². The molecule has 0 aromatic rings. The van der Waals surface area contributed by atoms with Gasteiger partial charge in [0.1, 0.15) is 0 Å². The molecular weight excluding hydrogens is 156 g/mol. The zero-order chi connectivity index (χ0) is 7.68. The highest BCUT2D eigenvalue weighted by Crippen LogP contribution is 2.29. The normalized spacial score (nSPS) is 34.1. The number of nitrogens with two attached hydrogens (primary N) is 1. The molecule has 0 aromatic heterocycles. The van der Waals surface area contributed by atoms with Crippen molar-refractivity contribution in [3.8, 4) is 0 Å². The quantitative estimate of drug-likeness (QED) is 0.658. The number of rotatable bonds is 2. The first-order valence-electron chi connectivity index (χ1n) is 4.45. The Morgan fingerprint density at radius 2 is 2.27 bits per heavy atom. The lowest BCUT2D eigenvalue weighted by Crippen LogP contribution is -2.49. The molecule has 0 spiro atoms. The van der Waals surface area contributed by atoms with Crippen LogP contribution in [0.25, 0.3) is 0 Å². The van der Waals surface area contributed by atoms with Crippen molar-refractivity contribution in [2.75, 3.05) is 24.6 Å². The van der Waals surface area contributed by atoms with E-state index in [4.69, 9.17) is 5.73 Å². The first kappa shape index (κ1) is 7.90. The van der Waals surface area contributed by atoms with Crippen molar-refractivity contribution in [3.05, 3.63) is 0 Å². The van der Waals surface area contributed by atoms with Crippen LogP contribution in [0, 0.1) is 0 Å². The Kier molecular flexibility index (Phi) is 2.39. The van der Waals surface area contributed by atoms with Crippen LogP contribution in [0.3, 0.4) is 0 Å². The van der Waals surface area contributed by atoms with Gasteiger partial charge in [0.15, 0.2) is 0 Å². The highest BCUT2D eigenvalue weighted by molar-refractivity contribution is 8.00. The third-order valence-electron chi connectivity index (χ3n) is 2.78. The first-order valence-corrected chi connectivity index (χ1v) is 5.61. The topological polar surface area (TPSA) is 29.3 Å². The predicted octanol–water partition coefficient (Wildman–Crippen LogP) is 0.525. The molecule has 0 amide bonds. The van der Waals surface area contributed by atoms with Crippen molar-refractivity contribution in [1.29, 1.82) is 0 Å². The van der Waals surface area contributed by atoms with Crippen LogP contribution in [0.2, 0.25) is 0 Å². The summed E-state index contributed by atoms with van der Waals surface area (Å²) in [6.07, 6.45) is 2.70. The van der Waals surface area contributed by atoms with Gasteiger partial charge in [-0.15, -0.1) is 0 Å². The monoisotopic (exact) mass is 172 g/mol. The molecule has 1 atom stereocenters. The van der Waals surface area contributed by atoms with E-state index in [1.807, 2.05) is 0 Å². The SMILES string of the molecule is NCC1CCCN1C1CSC1. The Morgan fingerprint density at radius 1 is 1.45 bits per heavy atom. The Hall–Kier alpha value is 0.270. The van der Waals surface area contributed by atoms with Gasteiger partial charge in [-0.2, -0.15) is 11.8 Å². The van der Waals surface area contributed by atoms with Crippen LogP contribution in [-0.2, 0) is 0 Å². The summed E-state index contributed by atoms with van der Waals surface area (Å²) in [5.41, 5.74) is 5.69. The van der Waals surface area contributed by atoms with Gasteiger partial charge in [0.2, 0.25) is 0 Å². The average molecular weight is 172 g/mol. The van der Waals surface area contributed by atoms with Gasteiger partial charge in [0.05, 0.1) is 0 Å². The molecule has 1 unspecified atom stereocenters. The average Bonchev–Trinajstić information content (AvgIpc) is 2.32. The molecule has 64 valence electrons. The molecular formula is C8H16N2S. The minimum atomic E-state index is 0.709. The Bertz CT molecular complexity index is 136. The van der Waals surface area contributed by atoms with Gasteiger partial charge < -0.3 is 5.73 Å². The molecule has 2 saturated heterocycles. The third-order valence-corrected chi connectivity index (χ3v) is 4.03. The van der Waals surface area contributed by atoms with Crippen molar-refractivity contribution in [2.45, 2.75) is 24.9 Å². The van der Waals surface area contributed by atoms with Gasteiger partial charge in [0, 0.05) is 30.1 Å². The van der Waals surface area contributed by atoms with Gasteiger partial charge in [-0.3, -0.25) is 4.90 Å². The molecule has 3 heteroatoms. The summed E-state index contributed by atoms with van der Waals surface area (Å²) in [5, 5.41) is 0. The lowest BCUT2D eigenvalue weighted by Gasteiger charge is -2.37. The van der Waals surface area contributed by atoms with Crippen LogP contribution in [0.4, 0.5) is 0 Å². The largest absolute Gasteiger partial charge is 0.329 e. The fraction of sp³-hybridized carbons (Fsp3) is 1.00. The summed E-state index contributed by atoms with van der Waals surface area (Å²) in [5.74, 6) is 2.69. The van der Waals surface area contributed by atoms with Gasteiger partial charge in [-0.1, -0.05) is 0 Å². The van der Waals surface area contributed by atoms with Crippen LogP contribution in [0.5, 0.6) is 0 Å². The number of thioether (sulfide) groups is 1. The van der Waals surface area contributed by atoms with Gasteiger partial charge in [-0.25, -0.2) is 0 Å². The second kappa shape index (κ2) is 3.33. The highest BCUT2D eigenvalue weighted by Gasteiger charge is 2.33. The Labute approximate surface area is 72.5 Å². The van der Waals surface area contributed by atoms with E-state index < -0.39 is 0 Å². The van der Waals surface area contributed by atoms with E-state index >= 15 is 0 Å². The first-order chi connectivity index (χ1) is 5.42. The molecule has 2 aliphatic heterocycles. The number of hydrogen-bond donors (Lipinski definition) is 1. The van der Waals surface area contributed by atoms with Crippen LogP contribution in [-0.4, -0.2) is 41.6 Å². The van der Waals surface area contributed by atoms with E-state index in [2.05, 4.69) is 16.7 Å². The highest BCUT2D eigenvalue weighted by atomic mass is 32.2. The zero-order valence-electron chi connectivity index (χ0n) is 6.83. The summed E-state index contributed by atoms with van der Waals surface area (Å²) < 4.78 is 0. The minimum Gasteiger partial charge on any atom is -0.329 e. The predicted molar refractivity (Wildman–Crippen MR) is 49.9 cm³/mol. The molecule has 2 N–H and O–H groups in total. The maximum Gasteiger partial charge on any atom is 0.0280 e. The van der Waals surface area contributed by atoms with E-state index in [-0.39, 0.29) is 0 Å². The second-order valence-electron chi connectivity index (χ2n) is 3.46. The van der Waals surface area contributed by atoms with E-state index in [1.165, 1.54) is 30.9 Å². The molecule has 0 saturated carbocycles. The minimum absolute atomic E-state index is 0.709. The Morgan fingerprint density at radius 3 is 2.82 bits per heavy atom. The van der Waals surface area contributed by atoms with Crippen molar-refractivity contribution in [1.82, 2.24) is 4.90 Å². The Balaban J connectivity index is 1.89. The molecule has 0 aliphatic carbocycles. The van der Waals surface area contributed by atoms with E-state index in [0.717, 1.165) is 12.6 Å². The van der Waals surface area contributed by atoms with Crippen LogP contribution in [0.1, 0.15) is 12.8 Å². The molecule has 2 heterocycles. The fourth-order valence-electron chi connectivity index (χ4n) is 2.01. The molecule has 11 heavy (non-hydrogen) atoms. The van der Waals surface area contributed by atoms with Crippen LogP contribution < -0.4 is 5.73 Å². The molecule has 0 bridgehead atoms. The summed E-state index contributed by atoms with van der Waals surface area (Å²) in [6, 6.07) is 1.58. The van der Waals surface area contributed by atoms with Crippen molar-refractivity contribution in [2.24, 2.45) is 5.73 Å². The molecule has 2 rings (SSSR count).